The van der Waals surface area contributed by atoms with Crippen molar-refractivity contribution in [1.29, 1.82) is 0 Å². The van der Waals surface area contributed by atoms with Crippen LogP contribution in [-0.2, 0) is 9.31 Å². The predicted molar refractivity (Wildman–Crippen MR) is 90.6 cm³/mol. The molecule has 22 heavy (non-hydrogen) atoms. The van der Waals surface area contributed by atoms with Crippen LogP contribution in [0.15, 0.2) is 18.3 Å². The molecule has 3 heterocycles. The van der Waals surface area contributed by atoms with Gasteiger partial charge in [0.2, 0.25) is 0 Å². The molecule has 0 unspecified atom stereocenters. The number of anilines is 1. The molecule has 0 atom stereocenters. The average molecular weight is 305 g/mol. The quantitative estimate of drug-likeness (QED) is 0.787. The lowest BCUT2D eigenvalue weighted by Gasteiger charge is -2.32. The summed E-state index contributed by atoms with van der Waals surface area (Å²) in [5, 5.41) is 0. The second kappa shape index (κ2) is 5.53. The second-order valence-electron chi connectivity index (χ2n) is 7.47. The minimum Gasteiger partial charge on any atom is -0.399 e. The molecular formula is C17H27BN2O2. The third kappa shape index (κ3) is 2.89. The summed E-state index contributed by atoms with van der Waals surface area (Å²) in [6.45, 7) is 11.6. The molecular weight excluding hydrogens is 275 g/mol. The van der Waals surface area contributed by atoms with Crippen molar-refractivity contribution in [3.8, 4) is 0 Å². The first-order chi connectivity index (χ1) is 11.5. The fraction of sp³-hybridized carbons (Fsp3) is 0.706. The molecule has 2 aliphatic heterocycles. The van der Waals surface area contributed by atoms with Gasteiger partial charge in [-0.2, -0.15) is 0 Å². The largest absolute Gasteiger partial charge is 0.495 e. The van der Waals surface area contributed by atoms with Gasteiger partial charge in [0, 0.05) is 19.3 Å². The van der Waals surface area contributed by atoms with Crippen LogP contribution in [-0.4, -0.2) is 36.4 Å². The van der Waals surface area contributed by atoms with Gasteiger partial charge < -0.3 is 14.2 Å². The number of aromatic nitrogens is 1. The molecule has 0 aliphatic carbocycles. The molecule has 3 rings (SSSR count). The third-order valence-electron chi connectivity index (χ3n) is 5.17. The van der Waals surface area contributed by atoms with Crippen molar-refractivity contribution in [2.45, 2.75) is 58.7 Å². The monoisotopic (exact) mass is 305 g/mol. The molecule has 4 nitrogen and oxygen atoms in total. The number of pyridine rings is 1. The lowest BCUT2D eigenvalue weighted by atomic mass is 9.79. The summed E-state index contributed by atoms with van der Waals surface area (Å²) in [4.78, 5) is 6.28. The Morgan fingerprint density at radius 2 is 1.82 bits per heavy atom. The molecule has 1 aromatic rings. The number of piperidine rings is 1. The Kier molecular flexibility index (Phi) is 3.11. The minimum atomic E-state index is -0.820. The van der Waals surface area contributed by atoms with Gasteiger partial charge >= 0.3 is 7.12 Å². The van der Waals surface area contributed by atoms with E-state index in [2.05, 4.69) is 16.8 Å². The third-order valence-corrected chi connectivity index (χ3v) is 5.17. The Morgan fingerprint density at radius 3 is 2.41 bits per heavy atom. The van der Waals surface area contributed by atoms with Crippen molar-refractivity contribution in [2.75, 3.05) is 18.0 Å². The Hall–Kier alpha value is -1.07. The van der Waals surface area contributed by atoms with Crippen LogP contribution >= 0.6 is 0 Å². The number of hydrogen-bond donors (Lipinski definition) is 0. The molecule has 5 heteroatoms. The van der Waals surface area contributed by atoms with Gasteiger partial charge in [0.15, 0.2) is 0 Å². The number of hydrogen-bond acceptors (Lipinski definition) is 4. The maximum atomic E-state index is 8.63. The fourth-order valence-corrected chi connectivity index (χ4v) is 2.77. The molecule has 0 amide bonds. The van der Waals surface area contributed by atoms with Crippen LogP contribution in [0.2, 0.25) is 0 Å². The van der Waals surface area contributed by atoms with Crippen LogP contribution < -0.4 is 10.4 Å². The molecule has 2 saturated heterocycles. The van der Waals surface area contributed by atoms with Crippen LogP contribution in [0.5, 0.6) is 0 Å². The van der Waals surface area contributed by atoms with Crippen molar-refractivity contribution in [2.24, 2.45) is 5.92 Å². The van der Waals surface area contributed by atoms with E-state index in [9.17, 15) is 0 Å². The highest BCUT2D eigenvalue weighted by atomic mass is 16.7. The summed E-state index contributed by atoms with van der Waals surface area (Å²) in [5.74, 6) is 1.14. The maximum Gasteiger partial charge on any atom is 0.495 e. The zero-order valence-corrected chi connectivity index (χ0v) is 14.2. The SMILES string of the molecule is [2H]c1nc(N2CCC(C)CC2)c([2H])c(B2OC(C)(C)C(C)(C)O2)c1[2H]. The van der Waals surface area contributed by atoms with E-state index in [1.54, 1.807) is 0 Å². The molecule has 0 saturated carbocycles. The predicted octanol–water partition coefficient (Wildman–Crippen LogP) is 2.62. The van der Waals surface area contributed by atoms with E-state index >= 15 is 0 Å². The number of rotatable bonds is 2. The van der Waals surface area contributed by atoms with Gasteiger partial charge in [-0.05, 0) is 64.0 Å². The molecule has 2 aliphatic rings. The molecule has 0 spiro atoms. The Balaban J connectivity index is 2.00. The summed E-state index contributed by atoms with van der Waals surface area (Å²) >= 11 is 0. The summed E-state index contributed by atoms with van der Waals surface area (Å²) in [6.07, 6.45) is 1.96. The van der Waals surface area contributed by atoms with Crippen LogP contribution in [0.1, 0.15) is 51.6 Å². The van der Waals surface area contributed by atoms with Crippen molar-refractivity contribution in [3.63, 3.8) is 0 Å². The Bertz CT molecular complexity index is 660. The smallest absolute Gasteiger partial charge is 0.399 e. The summed E-state index contributed by atoms with van der Waals surface area (Å²) in [6, 6.07) is 0.0617. The molecule has 0 radical (unpaired) electrons. The van der Waals surface area contributed by atoms with E-state index in [0.29, 0.717) is 17.2 Å². The van der Waals surface area contributed by atoms with Crippen LogP contribution in [0.3, 0.4) is 0 Å². The van der Waals surface area contributed by atoms with E-state index < -0.39 is 18.3 Å². The van der Waals surface area contributed by atoms with E-state index in [4.69, 9.17) is 13.4 Å². The normalized spacial score (nSPS) is 26.7. The van der Waals surface area contributed by atoms with Gasteiger partial charge in [-0.3, -0.25) is 0 Å². The van der Waals surface area contributed by atoms with Crippen LogP contribution in [0.4, 0.5) is 5.82 Å². The van der Waals surface area contributed by atoms with E-state index in [1.807, 2.05) is 27.7 Å². The highest BCUT2D eigenvalue weighted by molar-refractivity contribution is 6.62. The lowest BCUT2D eigenvalue weighted by Crippen LogP contribution is -2.41. The van der Waals surface area contributed by atoms with E-state index in [0.717, 1.165) is 25.9 Å². The highest BCUT2D eigenvalue weighted by Gasteiger charge is 2.51. The maximum absolute atomic E-state index is 8.63. The second-order valence-corrected chi connectivity index (χ2v) is 7.47. The summed E-state index contributed by atoms with van der Waals surface area (Å²) in [7, 11) is -0.820. The molecule has 0 bridgehead atoms. The van der Waals surface area contributed by atoms with Gasteiger partial charge in [0.25, 0.3) is 0 Å². The van der Waals surface area contributed by atoms with Crippen molar-refractivity contribution in [1.82, 2.24) is 4.98 Å². The standard InChI is InChI=1S/C17H27BN2O2/c1-13-7-10-20(11-8-13)15-12-14(6-9-19-15)18-21-16(2,3)17(4,5)22-18/h6,9,12-13H,7-8,10-11H2,1-5H3/i6D,9D,12D. The van der Waals surface area contributed by atoms with Gasteiger partial charge in [-0.15, -0.1) is 0 Å². The zero-order valence-electron chi connectivity index (χ0n) is 17.2. The Labute approximate surface area is 138 Å². The molecule has 120 valence electrons. The first kappa shape index (κ1) is 12.4. The lowest BCUT2D eigenvalue weighted by molar-refractivity contribution is 0.00578. The highest BCUT2D eigenvalue weighted by Crippen LogP contribution is 2.36. The Morgan fingerprint density at radius 1 is 1.23 bits per heavy atom. The van der Waals surface area contributed by atoms with Gasteiger partial charge in [0.05, 0.1) is 15.3 Å². The van der Waals surface area contributed by atoms with Crippen molar-refractivity contribution < 1.29 is 13.4 Å². The fourth-order valence-electron chi connectivity index (χ4n) is 2.77. The van der Waals surface area contributed by atoms with E-state index in [1.165, 1.54) is 0 Å². The first-order valence-corrected chi connectivity index (χ1v) is 8.12. The molecule has 2 fully saturated rings. The zero-order chi connectivity index (χ0) is 18.6. The van der Waals surface area contributed by atoms with Crippen molar-refractivity contribution in [3.05, 3.63) is 18.3 Å². The van der Waals surface area contributed by atoms with Gasteiger partial charge in [-0.1, -0.05) is 6.92 Å². The average Bonchev–Trinajstić information content (AvgIpc) is 2.72. The van der Waals surface area contributed by atoms with Gasteiger partial charge in [-0.25, -0.2) is 4.98 Å². The van der Waals surface area contributed by atoms with Crippen LogP contribution in [0, 0.1) is 5.92 Å². The van der Waals surface area contributed by atoms with Crippen molar-refractivity contribution >= 4 is 18.4 Å². The van der Waals surface area contributed by atoms with Gasteiger partial charge in [0.1, 0.15) is 5.82 Å². The number of nitrogens with zero attached hydrogens (tertiary/aromatic N) is 2. The van der Waals surface area contributed by atoms with E-state index in [-0.39, 0.29) is 18.3 Å². The molecule has 1 aromatic heterocycles. The molecule has 0 aromatic carbocycles. The van der Waals surface area contributed by atoms with Crippen LogP contribution in [0.25, 0.3) is 0 Å². The summed E-state index contributed by atoms with van der Waals surface area (Å²) in [5.41, 5.74) is -0.793. The minimum absolute atomic E-state index is 0.0855. The topological polar surface area (TPSA) is 34.6 Å². The summed E-state index contributed by atoms with van der Waals surface area (Å²) < 4.78 is 37.0. The first-order valence-electron chi connectivity index (χ1n) is 9.62. The molecule has 0 N–H and O–H groups in total.